The molecule has 0 unspecified atom stereocenters. The smallest absolute Gasteiger partial charge is 0.141 e. The maximum absolute atomic E-state index is 13.4. The number of benzene rings is 2. The fraction of sp³-hybridized carbons (Fsp3) is 0.143. The quantitative estimate of drug-likeness (QED) is 0.928. The fourth-order valence-electron chi connectivity index (χ4n) is 1.59. The van der Waals surface area contributed by atoms with Gasteiger partial charge in [0.2, 0.25) is 0 Å². The molecular formula is C14H13BrFNO2. The van der Waals surface area contributed by atoms with Crippen LogP contribution in [0.15, 0.2) is 40.9 Å². The summed E-state index contributed by atoms with van der Waals surface area (Å²) in [4.78, 5) is 0. The molecule has 0 atom stereocenters. The van der Waals surface area contributed by atoms with Crippen molar-refractivity contribution in [1.29, 1.82) is 0 Å². The van der Waals surface area contributed by atoms with Crippen LogP contribution in [-0.2, 0) is 6.54 Å². The van der Waals surface area contributed by atoms with Crippen LogP contribution in [0.25, 0.3) is 0 Å². The number of nitrogens with two attached hydrogens (primary N) is 1. The third-order valence-electron chi connectivity index (χ3n) is 2.61. The zero-order valence-electron chi connectivity index (χ0n) is 10.3. The van der Waals surface area contributed by atoms with Gasteiger partial charge in [0.1, 0.15) is 23.1 Å². The Hall–Kier alpha value is -1.59. The van der Waals surface area contributed by atoms with Crippen molar-refractivity contribution in [2.45, 2.75) is 6.54 Å². The van der Waals surface area contributed by atoms with Gasteiger partial charge < -0.3 is 15.2 Å². The van der Waals surface area contributed by atoms with Crippen LogP contribution in [0.5, 0.6) is 17.2 Å². The van der Waals surface area contributed by atoms with E-state index in [1.54, 1.807) is 31.4 Å². The number of hydrogen-bond donors (Lipinski definition) is 1. The number of ether oxygens (including phenoxy) is 2. The molecule has 0 aromatic heterocycles. The Labute approximate surface area is 119 Å². The lowest BCUT2D eigenvalue weighted by Crippen LogP contribution is -2.00. The predicted molar refractivity (Wildman–Crippen MR) is 75.1 cm³/mol. The summed E-state index contributed by atoms with van der Waals surface area (Å²) in [5, 5.41) is 0. The van der Waals surface area contributed by atoms with Gasteiger partial charge in [-0.25, -0.2) is 4.39 Å². The Kier molecular flexibility index (Phi) is 4.39. The summed E-state index contributed by atoms with van der Waals surface area (Å²) in [6, 6.07) is 9.92. The molecule has 0 aliphatic rings. The molecule has 0 radical (unpaired) electrons. The molecule has 0 fully saturated rings. The molecule has 3 nitrogen and oxygen atoms in total. The van der Waals surface area contributed by atoms with Crippen LogP contribution in [0.1, 0.15) is 5.56 Å². The zero-order valence-corrected chi connectivity index (χ0v) is 11.9. The van der Waals surface area contributed by atoms with Crippen LogP contribution >= 0.6 is 15.9 Å². The molecule has 2 aromatic rings. The highest BCUT2D eigenvalue weighted by atomic mass is 79.9. The van der Waals surface area contributed by atoms with Crippen LogP contribution in [0.2, 0.25) is 0 Å². The second-order valence-electron chi connectivity index (χ2n) is 3.86. The number of hydrogen-bond acceptors (Lipinski definition) is 3. The molecule has 2 rings (SSSR count). The van der Waals surface area contributed by atoms with Crippen molar-refractivity contribution < 1.29 is 13.9 Å². The molecule has 0 bridgehead atoms. The van der Waals surface area contributed by atoms with Crippen LogP contribution in [0, 0.1) is 5.82 Å². The summed E-state index contributed by atoms with van der Waals surface area (Å²) in [5.74, 6) is 1.24. The van der Waals surface area contributed by atoms with Gasteiger partial charge in [0, 0.05) is 24.2 Å². The topological polar surface area (TPSA) is 44.5 Å². The lowest BCUT2D eigenvalue weighted by atomic mass is 10.2. The first kappa shape index (κ1) is 13.8. The first-order valence-corrected chi connectivity index (χ1v) is 6.43. The largest absolute Gasteiger partial charge is 0.497 e. The van der Waals surface area contributed by atoms with E-state index < -0.39 is 0 Å². The second-order valence-corrected chi connectivity index (χ2v) is 4.71. The van der Waals surface area contributed by atoms with Gasteiger partial charge in [0.25, 0.3) is 0 Å². The Bertz CT molecular complexity index is 590. The molecule has 5 heteroatoms. The van der Waals surface area contributed by atoms with Gasteiger partial charge in [-0.15, -0.1) is 0 Å². The van der Waals surface area contributed by atoms with Crippen LogP contribution in [-0.4, -0.2) is 7.11 Å². The Morgan fingerprint density at radius 1 is 1.16 bits per heavy atom. The highest BCUT2D eigenvalue weighted by Crippen LogP contribution is 2.30. The molecule has 19 heavy (non-hydrogen) atoms. The molecule has 2 N–H and O–H groups in total. The van der Waals surface area contributed by atoms with Gasteiger partial charge in [-0.2, -0.15) is 0 Å². The van der Waals surface area contributed by atoms with Crippen molar-refractivity contribution >= 4 is 15.9 Å². The van der Waals surface area contributed by atoms with E-state index >= 15 is 0 Å². The van der Waals surface area contributed by atoms with E-state index in [1.807, 2.05) is 6.07 Å². The molecule has 2 aromatic carbocycles. The van der Waals surface area contributed by atoms with Crippen molar-refractivity contribution in [3.8, 4) is 17.2 Å². The second kappa shape index (κ2) is 6.04. The molecule has 100 valence electrons. The molecule has 0 saturated carbocycles. The van der Waals surface area contributed by atoms with Gasteiger partial charge in [0.05, 0.1) is 11.6 Å². The Balaban J connectivity index is 2.33. The van der Waals surface area contributed by atoms with Crippen LogP contribution in [0.4, 0.5) is 4.39 Å². The van der Waals surface area contributed by atoms with E-state index in [-0.39, 0.29) is 5.82 Å². The maximum atomic E-state index is 13.4. The normalized spacial score (nSPS) is 10.3. The van der Waals surface area contributed by atoms with Crippen molar-refractivity contribution in [3.05, 3.63) is 52.3 Å². The average Bonchev–Trinajstić information content (AvgIpc) is 2.43. The SMILES string of the molecule is COc1ccc(CN)c(Oc2ccc(Br)c(F)c2)c1. The van der Waals surface area contributed by atoms with E-state index in [2.05, 4.69) is 15.9 Å². The average molecular weight is 326 g/mol. The van der Waals surface area contributed by atoms with E-state index in [0.29, 0.717) is 28.3 Å². The van der Waals surface area contributed by atoms with Crippen molar-refractivity contribution in [1.82, 2.24) is 0 Å². The van der Waals surface area contributed by atoms with Crippen LogP contribution < -0.4 is 15.2 Å². The minimum absolute atomic E-state index is 0.332. The first-order valence-electron chi connectivity index (χ1n) is 5.64. The van der Waals surface area contributed by atoms with Gasteiger partial charge >= 0.3 is 0 Å². The lowest BCUT2D eigenvalue weighted by molar-refractivity contribution is 0.407. The summed E-state index contributed by atoms with van der Waals surface area (Å²) in [7, 11) is 1.57. The monoisotopic (exact) mass is 325 g/mol. The summed E-state index contributed by atoms with van der Waals surface area (Å²) in [6.07, 6.45) is 0. The highest BCUT2D eigenvalue weighted by molar-refractivity contribution is 9.10. The van der Waals surface area contributed by atoms with Gasteiger partial charge in [-0.05, 0) is 34.1 Å². The number of methoxy groups -OCH3 is 1. The van der Waals surface area contributed by atoms with E-state index in [4.69, 9.17) is 15.2 Å². The zero-order chi connectivity index (χ0) is 13.8. The molecule has 0 aliphatic carbocycles. The summed E-state index contributed by atoms with van der Waals surface area (Å²) in [5.41, 5.74) is 6.47. The van der Waals surface area contributed by atoms with E-state index in [0.717, 1.165) is 5.56 Å². The summed E-state index contributed by atoms with van der Waals surface area (Å²) < 4.78 is 24.6. The third kappa shape index (κ3) is 3.24. The van der Waals surface area contributed by atoms with Crippen LogP contribution in [0.3, 0.4) is 0 Å². The Morgan fingerprint density at radius 3 is 2.53 bits per heavy atom. The predicted octanol–water partition coefficient (Wildman–Crippen LogP) is 3.85. The maximum Gasteiger partial charge on any atom is 0.141 e. The highest BCUT2D eigenvalue weighted by Gasteiger charge is 2.08. The number of rotatable bonds is 4. The minimum atomic E-state index is -0.380. The standard InChI is InChI=1S/C14H13BrFNO2/c1-18-10-3-2-9(8-17)14(7-10)19-11-4-5-12(15)13(16)6-11/h2-7H,8,17H2,1H3. The number of halogens is 2. The Morgan fingerprint density at radius 2 is 1.89 bits per heavy atom. The van der Waals surface area contributed by atoms with Gasteiger partial charge in [-0.3, -0.25) is 0 Å². The van der Waals surface area contributed by atoms with Crippen molar-refractivity contribution in [3.63, 3.8) is 0 Å². The first-order chi connectivity index (χ1) is 9.13. The molecule has 0 aliphatic heterocycles. The molecule has 0 heterocycles. The van der Waals surface area contributed by atoms with E-state index in [9.17, 15) is 4.39 Å². The molecule has 0 spiro atoms. The molecule has 0 saturated heterocycles. The third-order valence-corrected chi connectivity index (χ3v) is 3.26. The fourth-order valence-corrected chi connectivity index (χ4v) is 1.84. The molecular weight excluding hydrogens is 313 g/mol. The minimum Gasteiger partial charge on any atom is -0.497 e. The summed E-state index contributed by atoms with van der Waals surface area (Å²) in [6.45, 7) is 0.332. The lowest BCUT2D eigenvalue weighted by Gasteiger charge is -2.12. The van der Waals surface area contributed by atoms with Gasteiger partial charge in [-0.1, -0.05) is 6.07 Å². The molecule has 0 amide bonds. The van der Waals surface area contributed by atoms with Gasteiger partial charge in [0.15, 0.2) is 0 Å². The summed E-state index contributed by atoms with van der Waals surface area (Å²) >= 11 is 3.10. The van der Waals surface area contributed by atoms with E-state index in [1.165, 1.54) is 6.07 Å². The van der Waals surface area contributed by atoms with Crippen molar-refractivity contribution in [2.75, 3.05) is 7.11 Å². The van der Waals surface area contributed by atoms with Crippen molar-refractivity contribution in [2.24, 2.45) is 5.73 Å².